The first-order chi connectivity index (χ1) is 12.8. The Hall–Kier alpha value is -1.67. The normalized spacial score (nSPS) is 17.3. The molecule has 1 fully saturated rings. The van der Waals surface area contributed by atoms with Gasteiger partial charge in [-0.3, -0.25) is 9.98 Å². The first-order valence-electron chi connectivity index (χ1n) is 9.37. The molecule has 1 unspecified atom stereocenters. The Labute approximate surface area is 179 Å². The highest BCUT2D eigenvalue weighted by Gasteiger charge is 2.25. The number of rotatable bonds is 5. The van der Waals surface area contributed by atoms with E-state index in [-0.39, 0.29) is 30.1 Å². The van der Waals surface area contributed by atoms with Crippen LogP contribution < -0.4 is 5.32 Å². The summed E-state index contributed by atoms with van der Waals surface area (Å²) >= 11 is 0. The van der Waals surface area contributed by atoms with Crippen LogP contribution in [0.5, 0.6) is 0 Å². The van der Waals surface area contributed by atoms with Crippen molar-refractivity contribution in [1.29, 1.82) is 0 Å². The lowest BCUT2D eigenvalue weighted by molar-refractivity contribution is -0.00832. The molecular formula is C21H29IN4O. The molecule has 1 N–H and O–H groups in total. The van der Waals surface area contributed by atoms with Crippen molar-refractivity contribution in [2.45, 2.75) is 26.4 Å². The molecule has 0 saturated carbocycles. The van der Waals surface area contributed by atoms with Crippen LogP contribution in [0.4, 0.5) is 0 Å². The second-order valence-electron chi connectivity index (χ2n) is 6.51. The maximum absolute atomic E-state index is 6.04. The number of aliphatic imine (C=N–C) groups is 1. The third-order valence-corrected chi connectivity index (χ3v) is 4.62. The van der Waals surface area contributed by atoms with Crippen molar-refractivity contribution in [3.63, 3.8) is 0 Å². The smallest absolute Gasteiger partial charge is 0.194 e. The van der Waals surface area contributed by atoms with Gasteiger partial charge in [-0.05, 0) is 43.0 Å². The zero-order chi connectivity index (χ0) is 18.2. The van der Waals surface area contributed by atoms with Crippen molar-refractivity contribution in [1.82, 2.24) is 15.2 Å². The minimum atomic E-state index is 0. The lowest BCUT2D eigenvalue weighted by Crippen LogP contribution is -2.48. The molecule has 2 heterocycles. The summed E-state index contributed by atoms with van der Waals surface area (Å²) in [7, 11) is 0. The number of ether oxygens (including phenoxy) is 1. The van der Waals surface area contributed by atoms with Gasteiger partial charge in [0.15, 0.2) is 5.96 Å². The SMILES string of the molecule is CCNC(=NCCc1cccnc1)N1CCOC(c2ccccc2C)C1.I. The Morgan fingerprint density at radius 3 is 2.89 bits per heavy atom. The van der Waals surface area contributed by atoms with E-state index in [1.54, 1.807) is 6.20 Å². The van der Waals surface area contributed by atoms with Gasteiger partial charge in [-0.25, -0.2) is 0 Å². The van der Waals surface area contributed by atoms with Gasteiger partial charge in [0.1, 0.15) is 6.10 Å². The summed E-state index contributed by atoms with van der Waals surface area (Å²) in [6, 6.07) is 12.5. The van der Waals surface area contributed by atoms with Crippen LogP contribution in [0.3, 0.4) is 0 Å². The highest BCUT2D eigenvalue weighted by atomic mass is 127. The third kappa shape index (κ3) is 6.17. The Kier molecular flexibility index (Phi) is 9.00. The Bertz CT molecular complexity index is 723. The maximum atomic E-state index is 6.04. The monoisotopic (exact) mass is 480 g/mol. The fraction of sp³-hybridized carbons (Fsp3) is 0.429. The Balaban J connectivity index is 0.00000261. The largest absolute Gasteiger partial charge is 0.370 e. The lowest BCUT2D eigenvalue weighted by atomic mass is 10.0. The van der Waals surface area contributed by atoms with E-state index in [4.69, 9.17) is 9.73 Å². The quantitative estimate of drug-likeness (QED) is 0.404. The van der Waals surface area contributed by atoms with Crippen molar-refractivity contribution < 1.29 is 4.74 Å². The molecule has 5 nitrogen and oxygen atoms in total. The molecule has 1 aromatic heterocycles. The molecular weight excluding hydrogens is 451 g/mol. The summed E-state index contributed by atoms with van der Waals surface area (Å²) in [6.45, 7) is 8.26. The van der Waals surface area contributed by atoms with E-state index in [9.17, 15) is 0 Å². The molecule has 0 radical (unpaired) electrons. The molecule has 1 saturated heterocycles. The molecule has 27 heavy (non-hydrogen) atoms. The number of hydrogen-bond donors (Lipinski definition) is 1. The van der Waals surface area contributed by atoms with Gasteiger partial charge in [0.25, 0.3) is 0 Å². The number of morpholine rings is 1. The minimum absolute atomic E-state index is 0. The number of nitrogens with one attached hydrogen (secondary N) is 1. The molecule has 1 aromatic carbocycles. The number of aryl methyl sites for hydroxylation is 1. The second kappa shape index (κ2) is 11.2. The fourth-order valence-corrected chi connectivity index (χ4v) is 3.24. The van der Waals surface area contributed by atoms with E-state index < -0.39 is 0 Å². The summed E-state index contributed by atoms with van der Waals surface area (Å²) in [4.78, 5) is 11.3. The molecule has 0 spiro atoms. The molecule has 146 valence electrons. The number of aromatic nitrogens is 1. The first kappa shape index (κ1) is 21.6. The van der Waals surface area contributed by atoms with Crippen molar-refractivity contribution in [2.24, 2.45) is 4.99 Å². The standard InChI is InChI=1S/C21H28N4O.HI/c1-3-23-21(24-12-10-18-8-6-11-22-15-18)25-13-14-26-20(16-25)19-9-5-4-7-17(19)2;/h4-9,11,15,20H,3,10,12-14,16H2,1-2H3,(H,23,24);1H. The van der Waals surface area contributed by atoms with Crippen molar-refractivity contribution >= 4 is 29.9 Å². The topological polar surface area (TPSA) is 49.8 Å². The molecule has 1 atom stereocenters. The average Bonchev–Trinajstić information content (AvgIpc) is 2.69. The zero-order valence-electron chi connectivity index (χ0n) is 16.1. The number of benzene rings is 1. The van der Waals surface area contributed by atoms with Gasteiger partial charge >= 0.3 is 0 Å². The number of pyridine rings is 1. The van der Waals surface area contributed by atoms with E-state index in [0.717, 1.165) is 38.6 Å². The number of nitrogens with zero attached hydrogens (tertiary/aromatic N) is 3. The Morgan fingerprint density at radius 2 is 2.15 bits per heavy atom. The van der Waals surface area contributed by atoms with Crippen LogP contribution in [-0.2, 0) is 11.2 Å². The molecule has 1 aliphatic rings. The predicted molar refractivity (Wildman–Crippen MR) is 121 cm³/mol. The van der Waals surface area contributed by atoms with Gasteiger partial charge < -0.3 is 15.0 Å². The van der Waals surface area contributed by atoms with Gasteiger partial charge in [0.2, 0.25) is 0 Å². The Morgan fingerprint density at radius 1 is 1.30 bits per heavy atom. The van der Waals surface area contributed by atoms with Gasteiger partial charge in [-0.15, -0.1) is 24.0 Å². The highest BCUT2D eigenvalue weighted by molar-refractivity contribution is 14.0. The fourth-order valence-electron chi connectivity index (χ4n) is 3.24. The van der Waals surface area contributed by atoms with E-state index in [1.165, 1.54) is 16.7 Å². The molecule has 0 aliphatic carbocycles. The molecule has 1 aliphatic heterocycles. The predicted octanol–water partition coefficient (Wildman–Crippen LogP) is 3.59. The van der Waals surface area contributed by atoms with E-state index in [1.807, 2.05) is 12.3 Å². The first-order valence-corrected chi connectivity index (χ1v) is 9.37. The maximum Gasteiger partial charge on any atom is 0.194 e. The molecule has 0 bridgehead atoms. The van der Waals surface area contributed by atoms with E-state index >= 15 is 0 Å². The van der Waals surface area contributed by atoms with Gasteiger partial charge in [-0.2, -0.15) is 0 Å². The lowest BCUT2D eigenvalue weighted by Gasteiger charge is -2.35. The van der Waals surface area contributed by atoms with Crippen LogP contribution in [0.1, 0.15) is 29.7 Å². The van der Waals surface area contributed by atoms with Crippen LogP contribution in [0.25, 0.3) is 0 Å². The van der Waals surface area contributed by atoms with Gasteiger partial charge in [-0.1, -0.05) is 30.3 Å². The second-order valence-corrected chi connectivity index (χ2v) is 6.51. The molecule has 6 heteroatoms. The summed E-state index contributed by atoms with van der Waals surface area (Å²) in [5.74, 6) is 0.971. The van der Waals surface area contributed by atoms with E-state index in [0.29, 0.717) is 6.61 Å². The number of halogens is 1. The van der Waals surface area contributed by atoms with Crippen LogP contribution in [0, 0.1) is 6.92 Å². The van der Waals surface area contributed by atoms with Gasteiger partial charge in [0.05, 0.1) is 13.2 Å². The summed E-state index contributed by atoms with van der Waals surface area (Å²) in [5, 5.41) is 3.43. The van der Waals surface area contributed by atoms with Crippen LogP contribution in [0.2, 0.25) is 0 Å². The summed E-state index contributed by atoms with van der Waals surface area (Å²) in [6.07, 6.45) is 4.70. The van der Waals surface area contributed by atoms with Gasteiger partial charge in [0, 0.05) is 32.0 Å². The van der Waals surface area contributed by atoms with Crippen LogP contribution in [0.15, 0.2) is 53.8 Å². The summed E-state index contributed by atoms with van der Waals surface area (Å²) in [5.41, 5.74) is 3.76. The number of hydrogen-bond acceptors (Lipinski definition) is 3. The van der Waals surface area contributed by atoms with Crippen molar-refractivity contribution in [3.05, 3.63) is 65.5 Å². The summed E-state index contributed by atoms with van der Waals surface area (Å²) < 4.78 is 6.04. The zero-order valence-corrected chi connectivity index (χ0v) is 18.4. The van der Waals surface area contributed by atoms with Crippen molar-refractivity contribution in [2.75, 3.05) is 32.8 Å². The van der Waals surface area contributed by atoms with Crippen LogP contribution >= 0.6 is 24.0 Å². The highest BCUT2D eigenvalue weighted by Crippen LogP contribution is 2.24. The third-order valence-electron chi connectivity index (χ3n) is 4.62. The van der Waals surface area contributed by atoms with Crippen molar-refractivity contribution in [3.8, 4) is 0 Å². The number of guanidine groups is 1. The molecule has 0 amide bonds. The average molecular weight is 480 g/mol. The molecule has 2 aromatic rings. The molecule has 3 rings (SSSR count). The van der Waals surface area contributed by atoms with E-state index in [2.05, 4.69) is 59.4 Å². The van der Waals surface area contributed by atoms with Crippen LogP contribution in [-0.4, -0.2) is 48.6 Å². The minimum Gasteiger partial charge on any atom is -0.370 e.